The topological polar surface area (TPSA) is 75.6 Å². The van der Waals surface area contributed by atoms with E-state index in [1.54, 1.807) is 0 Å². The molecule has 2 heterocycles. The van der Waals surface area contributed by atoms with Gasteiger partial charge >= 0.3 is 11.9 Å². The van der Waals surface area contributed by atoms with Crippen LogP contribution in [0.4, 0.5) is 13.2 Å². The normalized spacial score (nSPS) is 21.0. The van der Waals surface area contributed by atoms with Crippen molar-refractivity contribution in [2.45, 2.75) is 25.9 Å². The van der Waals surface area contributed by atoms with Crippen LogP contribution in [0.15, 0.2) is 34.7 Å². The largest absolute Gasteiger partial charge is 0.478 e. The smallest absolute Gasteiger partial charge is 0.337 e. The fourth-order valence-corrected chi connectivity index (χ4v) is 3.32. The first-order valence-electron chi connectivity index (χ1n) is 7.46. The number of benzene rings is 1. The van der Waals surface area contributed by atoms with Crippen molar-refractivity contribution >= 4 is 11.9 Å². The number of alkyl halides is 1. The van der Waals surface area contributed by atoms with Crippen LogP contribution >= 0.6 is 0 Å². The lowest BCUT2D eigenvalue weighted by Crippen LogP contribution is -2.30. The number of rotatable bonds is 3. The van der Waals surface area contributed by atoms with E-state index < -0.39 is 41.2 Å². The van der Waals surface area contributed by atoms with Gasteiger partial charge in [-0.25, -0.2) is 22.8 Å². The Hall–Kier alpha value is -2.77. The van der Waals surface area contributed by atoms with Gasteiger partial charge in [0.25, 0.3) is 0 Å². The lowest BCUT2D eigenvalue weighted by molar-refractivity contribution is -0.136. The van der Waals surface area contributed by atoms with Crippen molar-refractivity contribution in [3.63, 3.8) is 0 Å². The minimum absolute atomic E-state index is 0.0742. The number of aliphatic carboxylic acids is 1. The molecule has 0 radical (unpaired) electrons. The lowest BCUT2D eigenvalue weighted by atomic mass is 9.78. The Morgan fingerprint density at radius 1 is 1.40 bits per heavy atom. The van der Waals surface area contributed by atoms with Gasteiger partial charge in [-0.15, -0.1) is 0 Å². The maximum Gasteiger partial charge on any atom is 0.337 e. The third kappa shape index (κ3) is 2.67. The third-order valence-electron chi connectivity index (χ3n) is 4.28. The van der Waals surface area contributed by atoms with Crippen LogP contribution < -0.4 is 5.32 Å². The van der Waals surface area contributed by atoms with Gasteiger partial charge in [-0.3, -0.25) is 0 Å². The van der Waals surface area contributed by atoms with Crippen molar-refractivity contribution in [1.82, 2.24) is 5.32 Å². The van der Waals surface area contributed by atoms with Crippen molar-refractivity contribution in [2.24, 2.45) is 0 Å². The highest BCUT2D eigenvalue weighted by Crippen LogP contribution is 2.44. The second kappa shape index (κ2) is 5.94. The summed E-state index contributed by atoms with van der Waals surface area (Å²) < 4.78 is 47.0. The molecule has 2 aliphatic heterocycles. The molecule has 0 saturated carbocycles. The minimum atomic E-state index is -1.83. The van der Waals surface area contributed by atoms with E-state index in [0.717, 1.165) is 13.0 Å². The van der Waals surface area contributed by atoms with Crippen molar-refractivity contribution in [2.75, 3.05) is 6.61 Å². The van der Waals surface area contributed by atoms with Crippen LogP contribution in [-0.2, 0) is 14.3 Å². The van der Waals surface area contributed by atoms with Crippen LogP contribution in [0.25, 0.3) is 0 Å². The van der Waals surface area contributed by atoms with Gasteiger partial charge in [0.1, 0.15) is 24.4 Å². The molecule has 0 bridgehead atoms. The molecule has 0 aromatic heterocycles. The molecule has 0 saturated heterocycles. The summed E-state index contributed by atoms with van der Waals surface area (Å²) in [5.41, 5.74) is -0.584. The molecule has 1 aromatic rings. The van der Waals surface area contributed by atoms with Crippen LogP contribution in [0, 0.1) is 11.6 Å². The number of dihydropyridines is 1. The van der Waals surface area contributed by atoms with Crippen LogP contribution in [0.3, 0.4) is 0 Å². The number of hydrogen-bond acceptors (Lipinski definition) is 4. The highest BCUT2D eigenvalue weighted by molar-refractivity contribution is 6.00. The Labute approximate surface area is 140 Å². The van der Waals surface area contributed by atoms with Crippen molar-refractivity contribution < 1.29 is 32.6 Å². The zero-order chi connectivity index (χ0) is 18.5. The SMILES string of the molecule is CC1=C(C(=O)O)C(c2cc(F)cc(F)c2[C@H](C)F)C2=C(COC2=O)N1. The van der Waals surface area contributed by atoms with E-state index >= 15 is 0 Å². The molecule has 2 aliphatic rings. The number of cyclic esters (lactones) is 1. The Kier molecular flexibility index (Phi) is 4.06. The second-order valence-electron chi connectivity index (χ2n) is 5.88. The molecule has 5 nitrogen and oxygen atoms in total. The fraction of sp³-hybridized carbons (Fsp3) is 0.294. The van der Waals surface area contributed by atoms with Gasteiger partial charge in [0, 0.05) is 17.3 Å². The Balaban J connectivity index is 2.33. The average Bonchev–Trinajstić information content (AvgIpc) is 2.85. The van der Waals surface area contributed by atoms with Gasteiger partial charge in [-0.05, 0) is 25.5 Å². The van der Waals surface area contributed by atoms with Gasteiger partial charge in [-0.1, -0.05) is 0 Å². The average molecular weight is 353 g/mol. The number of hydrogen-bond donors (Lipinski definition) is 2. The monoisotopic (exact) mass is 353 g/mol. The highest BCUT2D eigenvalue weighted by atomic mass is 19.1. The minimum Gasteiger partial charge on any atom is -0.478 e. The van der Waals surface area contributed by atoms with Gasteiger partial charge in [0.05, 0.1) is 22.8 Å². The zero-order valence-electron chi connectivity index (χ0n) is 13.3. The maximum atomic E-state index is 14.2. The quantitative estimate of drug-likeness (QED) is 0.818. The molecule has 25 heavy (non-hydrogen) atoms. The Bertz CT molecular complexity index is 856. The summed E-state index contributed by atoms with van der Waals surface area (Å²) >= 11 is 0. The predicted octanol–water partition coefficient (Wildman–Crippen LogP) is 2.85. The van der Waals surface area contributed by atoms with Crippen molar-refractivity contribution in [3.8, 4) is 0 Å². The molecule has 3 rings (SSSR count). The van der Waals surface area contributed by atoms with E-state index in [-0.39, 0.29) is 29.0 Å². The first-order chi connectivity index (χ1) is 11.7. The zero-order valence-corrected chi connectivity index (χ0v) is 13.3. The molecule has 0 spiro atoms. The van der Waals surface area contributed by atoms with Crippen LogP contribution in [0.5, 0.6) is 0 Å². The number of ether oxygens (including phenoxy) is 1. The van der Waals surface area contributed by atoms with Gasteiger partial charge in [0.15, 0.2) is 0 Å². The first kappa shape index (κ1) is 17.1. The fourth-order valence-electron chi connectivity index (χ4n) is 3.32. The summed E-state index contributed by atoms with van der Waals surface area (Å²) in [4.78, 5) is 23.8. The molecule has 0 aliphatic carbocycles. The highest BCUT2D eigenvalue weighted by Gasteiger charge is 2.43. The molecule has 1 aromatic carbocycles. The molecule has 8 heteroatoms. The second-order valence-corrected chi connectivity index (χ2v) is 5.88. The van der Waals surface area contributed by atoms with Gasteiger partial charge in [0.2, 0.25) is 0 Å². The Morgan fingerprint density at radius 3 is 2.68 bits per heavy atom. The van der Waals surface area contributed by atoms with E-state index in [2.05, 4.69) is 5.32 Å². The van der Waals surface area contributed by atoms with E-state index in [0.29, 0.717) is 11.8 Å². The number of carboxylic acids is 1. The van der Waals surface area contributed by atoms with Gasteiger partial charge < -0.3 is 15.2 Å². The maximum absolute atomic E-state index is 14.2. The molecule has 0 amide bonds. The summed E-state index contributed by atoms with van der Waals surface area (Å²) in [6.45, 7) is 2.39. The summed E-state index contributed by atoms with van der Waals surface area (Å²) in [5, 5.41) is 12.3. The molecule has 1 unspecified atom stereocenters. The summed E-state index contributed by atoms with van der Waals surface area (Å²) in [6, 6.07) is 1.38. The molecular weight excluding hydrogens is 339 g/mol. The van der Waals surface area contributed by atoms with E-state index in [1.165, 1.54) is 6.92 Å². The molecule has 2 atom stereocenters. The first-order valence-corrected chi connectivity index (χ1v) is 7.46. The number of allylic oxidation sites excluding steroid dienone is 1. The number of carboxylic acid groups (broad SMARTS) is 1. The standard InChI is InChI=1S/C17H14F3NO4/c1-6(18)12-9(3-8(19)4-10(12)20)14-13(16(22)23)7(2)21-11-5-25-17(24)15(11)14/h3-4,6,14,21H,5H2,1-2H3,(H,22,23)/t6-,14?/m0/s1. The number of nitrogens with one attached hydrogen (secondary N) is 1. The van der Waals surface area contributed by atoms with Crippen LogP contribution in [-0.4, -0.2) is 23.7 Å². The molecule has 0 fully saturated rings. The summed E-state index contributed by atoms with van der Waals surface area (Å²) in [5.74, 6) is -5.66. The van der Waals surface area contributed by atoms with Crippen molar-refractivity contribution in [3.05, 3.63) is 57.4 Å². The number of esters is 1. The molecule has 2 N–H and O–H groups in total. The van der Waals surface area contributed by atoms with E-state index in [4.69, 9.17) is 4.74 Å². The molecule has 132 valence electrons. The number of carbonyl (C=O) groups is 2. The van der Waals surface area contributed by atoms with E-state index in [9.17, 15) is 27.9 Å². The number of carbonyl (C=O) groups excluding carboxylic acids is 1. The summed E-state index contributed by atoms with van der Waals surface area (Å²) in [6.07, 6.45) is -1.83. The van der Waals surface area contributed by atoms with Crippen molar-refractivity contribution in [1.29, 1.82) is 0 Å². The summed E-state index contributed by atoms with van der Waals surface area (Å²) in [7, 11) is 0. The van der Waals surface area contributed by atoms with Crippen LogP contribution in [0.2, 0.25) is 0 Å². The van der Waals surface area contributed by atoms with Gasteiger partial charge in [-0.2, -0.15) is 0 Å². The number of halogens is 3. The van der Waals surface area contributed by atoms with Crippen LogP contribution in [0.1, 0.15) is 37.1 Å². The predicted molar refractivity (Wildman–Crippen MR) is 80.1 cm³/mol. The third-order valence-corrected chi connectivity index (χ3v) is 4.28. The lowest BCUT2D eigenvalue weighted by Gasteiger charge is -2.28. The Morgan fingerprint density at radius 2 is 2.08 bits per heavy atom. The molecular formula is C17H14F3NO4. The van der Waals surface area contributed by atoms with E-state index in [1.807, 2.05) is 0 Å².